The molecule has 0 fully saturated rings. The number of aliphatic hydroxyl groups is 1. The lowest BCUT2D eigenvalue weighted by Crippen LogP contribution is -2.39. The number of carbonyl (C=O) groups is 1. The second-order valence-electron chi connectivity index (χ2n) is 3.71. The van der Waals surface area contributed by atoms with Gasteiger partial charge in [0.2, 0.25) is 0 Å². The van der Waals surface area contributed by atoms with Gasteiger partial charge in [-0.3, -0.25) is 4.79 Å². The van der Waals surface area contributed by atoms with Gasteiger partial charge < -0.3 is 15.1 Å². The van der Waals surface area contributed by atoms with E-state index >= 15 is 0 Å². The summed E-state index contributed by atoms with van der Waals surface area (Å²) in [5.41, 5.74) is 0. The molecule has 0 amide bonds. The van der Waals surface area contributed by atoms with E-state index in [1.165, 1.54) is 0 Å². The van der Waals surface area contributed by atoms with Gasteiger partial charge in [-0.1, -0.05) is 6.92 Å². The molecule has 0 saturated heterocycles. The molecule has 0 aromatic rings. The van der Waals surface area contributed by atoms with Gasteiger partial charge in [-0.25, -0.2) is 0 Å². The first-order valence-corrected chi connectivity index (χ1v) is 6.49. The van der Waals surface area contributed by atoms with E-state index in [0.29, 0.717) is 12.6 Å². The molecule has 90 valence electrons. The van der Waals surface area contributed by atoms with Crippen molar-refractivity contribution in [2.75, 3.05) is 25.6 Å². The zero-order valence-corrected chi connectivity index (χ0v) is 10.5. The summed E-state index contributed by atoms with van der Waals surface area (Å²) in [5, 5.41) is 18.0. The number of nitrogens with zero attached hydrogens (tertiary/aromatic N) is 1. The molecule has 0 spiro atoms. The lowest BCUT2D eigenvalue weighted by molar-refractivity contribution is -0.139. The first kappa shape index (κ1) is 14.7. The van der Waals surface area contributed by atoms with Crippen LogP contribution in [0.1, 0.15) is 19.8 Å². The Morgan fingerprint density at radius 2 is 2.13 bits per heavy atom. The number of hydrogen-bond acceptors (Lipinski definition) is 4. The number of hydrogen-bond donors (Lipinski definition) is 2. The van der Waals surface area contributed by atoms with Crippen LogP contribution in [0.15, 0.2) is 0 Å². The van der Waals surface area contributed by atoms with Crippen LogP contribution in [0.2, 0.25) is 0 Å². The maximum Gasteiger partial charge on any atom is 0.306 e. The molecule has 0 bridgehead atoms. The van der Waals surface area contributed by atoms with Crippen molar-refractivity contribution in [3.63, 3.8) is 0 Å². The minimum absolute atomic E-state index is 0.181. The highest BCUT2D eigenvalue weighted by molar-refractivity contribution is 7.98. The zero-order chi connectivity index (χ0) is 11.8. The molecule has 4 nitrogen and oxygen atoms in total. The highest BCUT2D eigenvalue weighted by Crippen LogP contribution is 2.09. The molecule has 0 rings (SSSR count). The van der Waals surface area contributed by atoms with Gasteiger partial charge in [0.05, 0.1) is 12.5 Å². The fourth-order valence-corrected chi connectivity index (χ4v) is 2.37. The van der Waals surface area contributed by atoms with Crippen LogP contribution in [0.4, 0.5) is 0 Å². The summed E-state index contributed by atoms with van der Waals surface area (Å²) in [6.45, 7) is 2.52. The molecule has 0 aromatic carbocycles. The predicted octanol–water partition coefficient (Wildman–Crippen LogP) is 0.895. The molecule has 0 aromatic heterocycles. The molecule has 5 heteroatoms. The topological polar surface area (TPSA) is 60.8 Å². The van der Waals surface area contributed by atoms with Crippen LogP contribution in [-0.2, 0) is 4.79 Å². The first-order chi connectivity index (χ1) is 7.01. The highest BCUT2D eigenvalue weighted by Gasteiger charge is 2.17. The van der Waals surface area contributed by atoms with Crippen LogP contribution in [0.25, 0.3) is 0 Å². The van der Waals surface area contributed by atoms with Gasteiger partial charge in [0, 0.05) is 18.3 Å². The summed E-state index contributed by atoms with van der Waals surface area (Å²) in [5.74, 6) is 0.0566. The van der Waals surface area contributed by atoms with E-state index in [0.717, 1.165) is 12.2 Å². The summed E-state index contributed by atoms with van der Waals surface area (Å²) < 4.78 is 0. The van der Waals surface area contributed by atoms with Crippen LogP contribution in [-0.4, -0.2) is 58.8 Å². The Kier molecular flexibility index (Phi) is 7.82. The SMILES string of the molecule is CCC(CSC)N(C)CC(O)CC(=O)O. The third-order valence-electron chi connectivity index (χ3n) is 2.36. The van der Waals surface area contributed by atoms with Gasteiger partial charge in [-0.2, -0.15) is 11.8 Å². The minimum Gasteiger partial charge on any atom is -0.481 e. The van der Waals surface area contributed by atoms with Crippen molar-refractivity contribution in [2.45, 2.75) is 31.9 Å². The fraction of sp³-hybridized carbons (Fsp3) is 0.900. The van der Waals surface area contributed by atoms with Crippen molar-refractivity contribution in [3.05, 3.63) is 0 Å². The zero-order valence-electron chi connectivity index (χ0n) is 9.64. The molecule has 15 heavy (non-hydrogen) atoms. The van der Waals surface area contributed by atoms with Gasteiger partial charge in [0.15, 0.2) is 0 Å². The van der Waals surface area contributed by atoms with Crippen LogP contribution < -0.4 is 0 Å². The number of aliphatic hydroxyl groups excluding tert-OH is 1. The summed E-state index contributed by atoms with van der Waals surface area (Å²) in [7, 11) is 1.93. The number of carboxylic acids is 1. The maximum atomic E-state index is 10.4. The predicted molar refractivity (Wildman–Crippen MR) is 63.4 cm³/mol. The summed E-state index contributed by atoms with van der Waals surface area (Å²) in [6, 6.07) is 0.406. The first-order valence-electron chi connectivity index (χ1n) is 5.10. The van der Waals surface area contributed by atoms with Gasteiger partial charge in [0.25, 0.3) is 0 Å². The summed E-state index contributed by atoms with van der Waals surface area (Å²) in [6.07, 6.45) is 2.10. The molecule has 0 aliphatic rings. The van der Waals surface area contributed by atoms with Gasteiger partial charge in [-0.15, -0.1) is 0 Å². The Morgan fingerprint density at radius 1 is 1.53 bits per heavy atom. The number of carboxylic acid groups (broad SMARTS) is 1. The van der Waals surface area contributed by atoms with Crippen molar-refractivity contribution in [1.29, 1.82) is 0 Å². The molecule has 0 saturated carbocycles. The number of thioether (sulfide) groups is 1. The van der Waals surface area contributed by atoms with Gasteiger partial charge in [0.1, 0.15) is 0 Å². The molecule has 2 N–H and O–H groups in total. The number of aliphatic carboxylic acids is 1. The average Bonchev–Trinajstić information content (AvgIpc) is 2.12. The third-order valence-corrected chi connectivity index (χ3v) is 3.08. The minimum atomic E-state index is -0.950. The highest BCUT2D eigenvalue weighted by atomic mass is 32.2. The normalized spacial score (nSPS) is 15.3. The van der Waals surface area contributed by atoms with E-state index in [4.69, 9.17) is 5.11 Å². The van der Waals surface area contributed by atoms with E-state index in [2.05, 4.69) is 6.92 Å². The Balaban J connectivity index is 3.97. The summed E-state index contributed by atoms with van der Waals surface area (Å²) >= 11 is 1.76. The fourth-order valence-electron chi connectivity index (χ4n) is 1.50. The van der Waals surface area contributed by atoms with Crippen LogP contribution in [0.5, 0.6) is 0 Å². The maximum absolute atomic E-state index is 10.4. The van der Waals surface area contributed by atoms with E-state index in [9.17, 15) is 9.90 Å². The third kappa shape index (κ3) is 6.76. The number of rotatable bonds is 8. The molecule has 0 radical (unpaired) electrons. The quantitative estimate of drug-likeness (QED) is 0.654. The Labute approximate surface area is 95.7 Å². The van der Waals surface area contributed by atoms with Crippen molar-refractivity contribution in [2.24, 2.45) is 0 Å². The molecule has 2 unspecified atom stereocenters. The Morgan fingerprint density at radius 3 is 2.53 bits per heavy atom. The lowest BCUT2D eigenvalue weighted by Gasteiger charge is -2.28. The molecular weight excluding hydrogens is 214 g/mol. The van der Waals surface area contributed by atoms with Crippen LogP contribution >= 0.6 is 11.8 Å². The second kappa shape index (κ2) is 7.96. The molecule has 2 atom stereocenters. The van der Waals surface area contributed by atoms with Crippen molar-refractivity contribution >= 4 is 17.7 Å². The van der Waals surface area contributed by atoms with E-state index in [1.807, 2.05) is 18.2 Å². The second-order valence-corrected chi connectivity index (χ2v) is 4.62. The van der Waals surface area contributed by atoms with Crippen molar-refractivity contribution in [3.8, 4) is 0 Å². The van der Waals surface area contributed by atoms with E-state index < -0.39 is 12.1 Å². The largest absolute Gasteiger partial charge is 0.481 e. The van der Waals surface area contributed by atoms with Gasteiger partial charge in [-0.05, 0) is 19.7 Å². The average molecular weight is 235 g/mol. The number of likely N-dealkylation sites (N-methyl/N-ethyl adjacent to an activating group) is 1. The standard InChI is InChI=1S/C10H21NO3S/c1-4-8(7-15-3)11(2)6-9(12)5-10(13)14/h8-9,12H,4-7H2,1-3H3,(H,13,14). The van der Waals surface area contributed by atoms with Crippen LogP contribution in [0, 0.1) is 0 Å². The summed E-state index contributed by atoms with van der Waals surface area (Å²) in [4.78, 5) is 12.4. The molecule has 0 aliphatic carbocycles. The smallest absolute Gasteiger partial charge is 0.306 e. The Bertz CT molecular complexity index is 190. The molecule has 0 heterocycles. The van der Waals surface area contributed by atoms with E-state index in [1.54, 1.807) is 11.8 Å². The van der Waals surface area contributed by atoms with Crippen LogP contribution in [0.3, 0.4) is 0 Å². The van der Waals surface area contributed by atoms with Crippen molar-refractivity contribution in [1.82, 2.24) is 4.90 Å². The van der Waals surface area contributed by atoms with Crippen molar-refractivity contribution < 1.29 is 15.0 Å². The molecule has 0 aliphatic heterocycles. The van der Waals surface area contributed by atoms with E-state index in [-0.39, 0.29) is 6.42 Å². The Hall–Kier alpha value is -0.260. The lowest BCUT2D eigenvalue weighted by atomic mass is 10.2. The monoisotopic (exact) mass is 235 g/mol. The molecular formula is C10H21NO3S. The van der Waals surface area contributed by atoms with Gasteiger partial charge >= 0.3 is 5.97 Å².